The van der Waals surface area contributed by atoms with Gasteiger partial charge in [-0.2, -0.15) is 0 Å². The second-order valence-corrected chi connectivity index (χ2v) is 13.1. The van der Waals surface area contributed by atoms with Crippen LogP contribution in [-0.2, 0) is 16.1 Å². The Bertz CT molecular complexity index is 1770. The molecule has 3 aromatic carbocycles. The molecule has 0 spiro atoms. The van der Waals surface area contributed by atoms with Crippen molar-refractivity contribution in [2.24, 2.45) is 5.92 Å². The number of hydrogen-bond donors (Lipinski definition) is 2. The summed E-state index contributed by atoms with van der Waals surface area (Å²) in [4.78, 5) is 33.8. The van der Waals surface area contributed by atoms with Gasteiger partial charge in [0.2, 0.25) is 11.8 Å². The number of aryl methyl sites for hydroxylation is 1. The fourth-order valence-corrected chi connectivity index (χ4v) is 7.75. The summed E-state index contributed by atoms with van der Waals surface area (Å²) in [5.41, 5.74) is 2.22. The molecule has 2 fully saturated rings. The third-order valence-electron chi connectivity index (χ3n) is 9.43. The van der Waals surface area contributed by atoms with Crippen LogP contribution in [0.25, 0.3) is 11.0 Å². The van der Waals surface area contributed by atoms with Gasteiger partial charge in [0.25, 0.3) is 0 Å². The maximum Gasteiger partial charge on any atom is 0.245 e. The molecule has 1 aromatic heterocycles. The van der Waals surface area contributed by atoms with Crippen molar-refractivity contribution >= 4 is 57.4 Å². The van der Waals surface area contributed by atoms with Crippen molar-refractivity contribution in [2.45, 2.75) is 63.1 Å². The topological polar surface area (TPSA) is 79.3 Å². The molecular weight excluding hydrogens is 588 g/mol. The zero-order chi connectivity index (χ0) is 30.0. The summed E-state index contributed by atoms with van der Waals surface area (Å²) in [7, 11) is 0. The number of benzene rings is 3. The number of rotatable bonds is 6. The Balaban J connectivity index is 1.41. The summed E-state index contributed by atoms with van der Waals surface area (Å²) in [5, 5.41) is 6.50. The minimum absolute atomic E-state index is 0.0246. The Morgan fingerprint density at radius 2 is 1.79 bits per heavy atom. The van der Waals surface area contributed by atoms with E-state index in [1.54, 1.807) is 36.4 Å². The maximum absolute atomic E-state index is 16.1. The highest BCUT2D eigenvalue weighted by atomic mass is 35.5. The molecule has 1 saturated carbocycles. The lowest BCUT2D eigenvalue weighted by atomic mass is 9.73. The van der Waals surface area contributed by atoms with Crippen LogP contribution in [0.5, 0.6) is 0 Å². The zero-order valence-electron chi connectivity index (χ0n) is 23.9. The summed E-state index contributed by atoms with van der Waals surface area (Å²) in [5.74, 6) is -0.452. The molecule has 10 heteroatoms. The summed E-state index contributed by atoms with van der Waals surface area (Å²) >= 11 is 12.6. The van der Waals surface area contributed by atoms with Gasteiger partial charge in [0.05, 0.1) is 16.1 Å². The predicted molar refractivity (Wildman–Crippen MR) is 167 cm³/mol. The van der Waals surface area contributed by atoms with Crippen molar-refractivity contribution in [1.82, 2.24) is 14.5 Å². The van der Waals surface area contributed by atoms with E-state index in [4.69, 9.17) is 28.2 Å². The maximum atomic E-state index is 16.1. The molecule has 1 saturated heterocycles. The van der Waals surface area contributed by atoms with Gasteiger partial charge in [-0.25, -0.2) is 9.37 Å². The number of imidazole rings is 1. The molecule has 2 amide bonds. The van der Waals surface area contributed by atoms with Gasteiger partial charge in [0.1, 0.15) is 17.2 Å². The molecule has 7 rings (SSSR count). The van der Waals surface area contributed by atoms with Gasteiger partial charge in [0, 0.05) is 54.3 Å². The molecule has 43 heavy (non-hydrogen) atoms. The second-order valence-electron chi connectivity index (χ2n) is 12.2. The van der Waals surface area contributed by atoms with E-state index < -0.39 is 17.3 Å². The van der Waals surface area contributed by atoms with Crippen molar-refractivity contribution in [3.8, 4) is 0 Å². The van der Waals surface area contributed by atoms with E-state index >= 15 is 4.39 Å². The highest BCUT2D eigenvalue weighted by Crippen LogP contribution is 2.58. The van der Waals surface area contributed by atoms with Gasteiger partial charge in [-0.1, -0.05) is 41.4 Å². The Morgan fingerprint density at radius 1 is 1.02 bits per heavy atom. The molecule has 2 aliphatic heterocycles. The lowest BCUT2D eigenvalue weighted by Gasteiger charge is -2.40. The first-order valence-electron chi connectivity index (χ1n) is 14.7. The number of likely N-dealkylation sites (tertiary alicyclic amines) is 1. The van der Waals surface area contributed by atoms with E-state index in [2.05, 4.69) is 20.1 Å². The zero-order valence-corrected chi connectivity index (χ0v) is 25.4. The van der Waals surface area contributed by atoms with E-state index in [1.807, 2.05) is 25.1 Å². The summed E-state index contributed by atoms with van der Waals surface area (Å²) in [6, 6.07) is 17.8. The first-order valence-corrected chi connectivity index (χ1v) is 15.5. The number of aromatic nitrogens is 2. The number of carbonyl (C=O) groups excluding carboxylic acids is 2. The van der Waals surface area contributed by atoms with Crippen LogP contribution < -0.4 is 10.6 Å². The molecule has 3 aliphatic rings. The quantitative estimate of drug-likeness (QED) is 0.239. The Hall–Kier alpha value is -3.46. The van der Waals surface area contributed by atoms with Crippen molar-refractivity contribution < 1.29 is 14.0 Å². The van der Waals surface area contributed by atoms with Gasteiger partial charge in [-0.3, -0.25) is 14.5 Å². The summed E-state index contributed by atoms with van der Waals surface area (Å²) < 4.78 is 18.3. The molecule has 0 unspecified atom stereocenters. The number of amides is 2. The highest BCUT2D eigenvalue weighted by Gasteiger charge is 2.63. The van der Waals surface area contributed by atoms with E-state index in [1.165, 1.54) is 13.0 Å². The van der Waals surface area contributed by atoms with Crippen LogP contribution in [0.3, 0.4) is 0 Å². The van der Waals surface area contributed by atoms with Gasteiger partial charge in [-0.05, 0) is 80.1 Å². The lowest BCUT2D eigenvalue weighted by molar-refractivity contribution is -0.127. The fraction of sp³-hybridized carbons (Fsp3) is 0.364. The minimum Gasteiger partial charge on any atom is -0.328 e. The third kappa shape index (κ3) is 4.80. The molecule has 0 bridgehead atoms. The van der Waals surface area contributed by atoms with Gasteiger partial charge < -0.3 is 15.2 Å². The SMILES string of the molecule is CC(=O)Nc1ccc2c(c1)nc1n2CC[C@H]2[C@@H]1[C@H](c1cccc(Cl)c1F)[C@](C)(C(=O)Nc1cccc(Cl)c1)N2CC1CC1. The average molecular weight is 621 g/mol. The first kappa shape index (κ1) is 28.3. The van der Waals surface area contributed by atoms with Crippen molar-refractivity contribution in [1.29, 1.82) is 0 Å². The van der Waals surface area contributed by atoms with Crippen molar-refractivity contribution in [2.75, 3.05) is 17.2 Å². The van der Waals surface area contributed by atoms with Crippen LogP contribution in [-0.4, -0.2) is 44.4 Å². The van der Waals surface area contributed by atoms with Crippen LogP contribution in [0.4, 0.5) is 15.8 Å². The summed E-state index contributed by atoms with van der Waals surface area (Å²) in [6.45, 7) is 4.87. The average Bonchev–Trinajstić information content (AvgIpc) is 3.66. The molecule has 3 heterocycles. The Morgan fingerprint density at radius 3 is 2.53 bits per heavy atom. The number of carbonyl (C=O) groups is 2. The number of halogens is 3. The van der Waals surface area contributed by atoms with E-state index in [9.17, 15) is 9.59 Å². The van der Waals surface area contributed by atoms with Crippen LogP contribution >= 0.6 is 23.2 Å². The highest BCUT2D eigenvalue weighted by molar-refractivity contribution is 6.31. The van der Waals surface area contributed by atoms with Crippen LogP contribution in [0.15, 0.2) is 60.7 Å². The van der Waals surface area contributed by atoms with Gasteiger partial charge >= 0.3 is 0 Å². The second kappa shape index (κ2) is 10.6. The number of anilines is 2. The van der Waals surface area contributed by atoms with E-state index in [0.717, 1.165) is 42.7 Å². The molecule has 2 N–H and O–H groups in total. The Labute approximate surface area is 259 Å². The van der Waals surface area contributed by atoms with Crippen molar-refractivity contribution in [3.63, 3.8) is 0 Å². The molecule has 0 radical (unpaired) electrons. The van der Waals surface area contributed by atoms with Gasteiger partial charge in [0.15, 0.2) is 0 Å². The van der Waals surface area contributed by atoms with Gasteiger partial charge in [-0.15, -0.1) is 0 Å². The smallest absolute Gasteiger partial charge is 0.245 e. The number of nitrogens with one attached hydrogen (secondary N) is 2. The standard InChI is InChI=1S/C33H32Cl2FN5O2/c1-18(42)37-22-11-12-26-25(16-22)39-31-28-27(13-14-40(26)31)41(17-19-9-10-19)33(2,29(28)23-7-4-8-24(35)30(23)36)32(43)38-21-6-3-5-20(34)15-21/h3-8,11-12,15-16,19,27-29H,9-10,13-14,17H2,1-2H3,(H,37,42)(H,38,43)/t27-,28+,29-,33+/m0/s1. The monoisotopic (exact) mass is 619 g/mol. The normalized spacial score (nSPS) is 24.9. The largest absolute Gasteiger partial charge is 0.328 e. The number of nitrogens with zero attached hydrogens (tertiary/aromatic N) is 3. The minimum atomic E-state index is -1.12. The molecule has 4 aromatic rings. The fourth-order valence-electron chi connectivity index (χ4n) is 7.38. The van der Waals surface area contributed by atoms with Crippen LogP contribution in [0.2, 0.25) is 10.0 Å². The van der Waals surface area contributed by atoms with Crippen LogP contribution in [0.1, 0.15) is 56.3 Å². The van der Waals surface area contributed by atoms with Crippen molar-refractivity contribution in [3.05, 3.63) is 87.9 Å². The molecule has 7 nitrogen and oxygen atoms in total. The molecule has 1 aliphatic carbocycles. The first-order chi connectivity index (χ1) is 20.6. The summed E-state index contributed by atoms with van der Waals surface area (Å²) in [6.07, 6.45) is 3.00. The third-order valence-corrected chi connectivity index (χ3v) is 9.96. The molecular formula is C33H32Cl2FN5O2. The van der Waals surface area contributed by atoms with Crippen LogP contribution in [0, 0.1) is 11.7 Å². The van der Waals surface area contributed by atoms with E-state index in [-0.39, 0.29) is 28.8 Å². The predicted octanol–water partition coefficient (Wildman–Crippen LogP) is 7.20. The number of fused-ring (bicyclic) bond motifs is 5. The Kier molecular flexibility index (Phi) is 6.99. The van der Waals surface area contributed by atoms with E-state index in [0.29, 0.717) is 34.4 Å². The molecule has 4 atom stereocenters. The molecule has 222 valence electrons. The lowest BCUT2D eigenvalue weighted by Crippen LogP contribution is -2.56. The number of hydrogen-bond acceptors (Lipinski definition) is 4.